The molecule has 0 spiro atoms. The smallest absolute Gasteiger partial charge is 0.255 e. The van der Waals surface area contributed by atoms with Gasteiger partial charge < -0.3 is 15.0 Å². The van der Waals surface area contributed by atoms with Crippen LogP contribution < -0.4 is 5.32 Å². The summed E-state index contributed by atoms with van der Waals surface area (Å²) in [5, 5.41) is 12.0. The van der Waals surface area contributed by atoms with Gasteiger partial charge in [0.2, 0.25) is 0 Å². The Labute approximate surface area is 121 Å². The molecule has 1 heterocycles. The molecule has 0 unspecified atom stereocenters. The number of amides is 1. The van der Waals surface area contributed by atoms with E-state index in [9.17, 15) is 9.90 Å². The van der Waals surface area contributed by atoms with Crippen molar-refractivity contribution >= 4 is 11.6 Å². The van der Waals surface area contributed by atoms with Crippen LogP contribution in [0.4, 0.5) is 5.69 Å². The molecule has 1 aromatic heterocycles. The third kappa shape index (κ3) is 2.92. The lowest BCUT2D eigenvalue weighted by molar-refractivity contribution is 0.102. The molecule has 104 valence electrons. The molecule has 3 aromatic rings. The number of carbonyl (C=O) groups is 1. The SMILES string of the molecule is O=C(Nc1ccc(O)cc1)c1ccc(-n2ccnc2)cc1. The molecule has 0 radical (unpaired) electrons. The molecule has 2 N–H and O–H groups in total. The highest BCUT2D eigenvalue weighted by atomic mass is 16.3. The molecule has 3 rings (SSSR count). The number of hydrogen-bond donors (Lipinski definition) is 2. The second-order valence-corrected chi connectivity index (χ2v) is 4.52. The molecule has 0 aliphatic heterocycles. The largest absolute Gasteiger partial charge is 0.508 e. The van der Waals surface area contributed by atoms with Gasteiger partial charge in [0.05, 0.1) is 6.33 Å². The average molecular weight is 279 g/mol. The lowest BCUT2D eigenvalue weighted by atomic mass is 10.2. The highest BCUT2D eigenvalue weighted by Crippen LogP contribution is 2.15. The summed E-state index contributed by atoms with van der Waals surface area (Å²) in [5.74, 6) is -0.0319. The predicted octanol–water partition coefficient (Wildman–Crippen LogP) is 2.83. The van der Waals surface area contributed by atoms with Crippen molar-refractivity contribution in [1.29, 1.82) is 0 Å². The molecule has 0 saturated heterocycles. The van der Waals surface area contributed by atoms with Crippen LogP contribution in [0.3, 0.4) is 0 Å². The number of rotatable bonds is 3. The first-order valence-corrected chi connectivity index (χ1v) is 6.41. The summed E-state index contributed by atoms with van der Waals surface area (Å²) >= 11 is 0. The fourth-order valence-corrected chi connectivity index (χ4v) is 1.94. The summed E-state index contributed by atoms with van der Waals surface area (Å²) in [5.41, 5.74) is 2.14. The van der Waals surface area contributed by atoms with Gasteiger partial charge in [-0.2, -0.15) is 0 Å². The van der Waals surface area contributed by atoms with Gasteiger partial charge in [0.1, 0.15) is 5.75 Å². The van der Waals surface area contributed by atoms with Gasteiger partial charge in [0, 0.05) is 29.3 Å². The molecule has 0 bridgehead atoms. The first-order valence-electron chi connectivity index (χ1n) is 6.41. The molecule has 0 fully saturated rings. The Balaban J connectivity index is 1.74. The first kappa shape index (κ1) is 12.9. The van der Waals surface area contributed by atoms with E-state index in [-0.39, 0.29) is 11.7 Å². The molecule has 21 heavy (non-hydrogen) atoms. The molecular weight excluding hydrogens is 266 g/mol. The number of imidazole rings is 1. The van der Waals surface area contributed by atoms with E-state index < -0.39 is 0 Å². The Morgan fingerprint density at radius 1 is 1.05 bits per heavy atom. The van der Waals surface area contributed by atoms with Gasteiger partial charge in [-0.25, -0.2) is 4.98 Å². The Bertz CT molecular complexity index is 732. The van der Waals surface area contributed by atoms with Crippen molar-refractivity contribution in [3.05, 3.63) is 72.8 Å². The van der Waals surface area contributed by atoms with Gasteiger partial charge >= 0.3 is 0 Å². The third-order valence-corrected chi connectivity index (χ3v) is 3.06. The molecule has 2 aromatic carbocycles. The van der Waals surface area contributed by atoms with E-state index in [0.717, 1.165) is 5.69 Å². The first-order chi connectivity index (χ1) is 10.2. The summed E-state index contributed by atoms with van der Waals surface area (Å²) in [6, 6.07) is 13.6. The lowest BCUT2D eigenvalue weighted by Crippen LogP contribution is -2.11. The number of phenols is 1. The molecule has 0 saturated carbocycles. The fraction of sp³-hybridized carbons (Fsp3) is 0. The number of carbonyl (C=O) groups excluding carboxylic acids is 1. The monoisotopic (exact) mass is 279 g/mol. The maximum absolute atomic E-state index is 12.1. The van der Waals surface area contributed by atoms with Gasteiger partial charge in [0.15, 0.2) is 0 Å². The highest BCUT2D eigenvalue weighted by molar-refractivity contribution is 6.04. The topological polar surface area (TPSA) is 67.2 Å². The van der Waals surface area contributed by atoms with E-state index in [1.807, 2.05) is 22.9 Å². The number of benzene rings is 2. The van der Waals surface area contributed by atoms with Crippen molar-refractivity contribution in [2.75, 3.05) is 5.32 Å². The zero-order chi connectivity index (χ0) is 14.7. The van der Waals surface area contributed by atoms with Gasteiger partial charge in [-0.1, -0.05) is 0 Å². The van der Waals surface area contributed by atoms with Crippen molar-refractivity contribution in [3.8, 4) is 11.4 Å². The minimum Gasteiger partial charge on any atom is -0.508 e. The van der Waals surface area contributed by atoms with Gasteiger partial charge in [-0.15, -0.1) is 0 Å². The maximum Gasteiger partial charge on any atom is 0.255 e. The fourth-order valence-electron chi connectivity index (χ4n) is 1.94. The lowest BCUT2D eigenvalue weighted by Gasteiger charge is -2.07. The number of anilines is 1. The minimum atomic E-state index is -0.196. The summed E-state index contributed by atoms with van der Waals surface area (Å²) in [4.78, 5) is 16.1. The van der Waals surface area contributed by atoms with Crippen LogP contribution in [0.15, 0.2) is 67.3 Å². The highest BCUT2D eigenvalue weighted by Gasteiger charge is 2.06. The number of aromatic hydroxyl groups is 1. The Morgan fingerprint density at radius 2 is 1.76 bits per heavy atom. The van der Waals surface area contributed by atoms with Crippen LogP contribution in [0.1, 0.15) is 10.4 Å². The number of nitrogens with zero attached hydrogens (tertiary/aromatic N) is 2. The standard InChI is InChI=1S/C16H13N3O2/c20-15-7-3-13(4-8-15)18-16(21)12-1-5-14(6-2-12)19-10-9-17-11-19/h1-11,20H,(H,18,21). The second-order valence-electron chi connectivity index (χ2n) is 4.52. The summed E-state index contributed by atoms with van der Waals surface area (Å²) in [7, 11) is 0. The van der Waals surface area contributed by atoms with E-state index in [1.165, 1.54) is 12.1 Å². The average Bonchev–Trinajstić information content (AvgIpc) is 3.04. The predicted molar refractivity (Wildman–Crippen MR) is 79.6 cm³/mol. The van der Waals surface area contributed by atoms with Crippen LogP contribution in [0.5, 0.6) is 5.75 Å². The van der Waals surface area contributed by atoms with Crippen LogP contribution in [-0.2, 0) is 0 Å². The van der Waals surface area contributed by atoms with Gasteiger partial charge in [-0.3, -0.25) is 4.79 Å². The molecule has 0 aliphatic carbocycles. The molecule has 0 atom stereocenters. The number of phenolic OH excluding ortho intramolecular Hbond substituents is 1. The van der Waals surface area contributed by atoms with Crippen molar-refractivity contribution in [2.24, 2.45) is 0 Å². The van der Waals surface area contributed by atoms with Crippen LogP contribution >= 0.6 is 0 Å². The zero-order valence-electron chi connectivity index (χ0n) is 11.1. The zero-order valence-corrected chi connectivity index (χ0v) is 11.1. The van der Waals surface area contributed by atoms with Crippen LogP contribution in [0, 0.1) is 0 Å². The van der Waals surface area contributed by atoms with E-state index in [4.69, 9.17) is 0 Å². The van der Waals surface area contributed by atoms with Crippen molar-refractivity contribution in [3.63, 3.8) is 0 Å². The Morgan fingerprint density at radius 3 is 2.38 bits per heavy atom. The molecular formula is C16H13N3O2. The van der Waals surface area contributed by atoms with Crippen molar-refractivity contribution in [2.45, 2.75) is 0 Å². The Kier molecular flexibility index (Phi) is 3.39. The van der Waals surface area contributed by atoms with Crippen LogP contribution in [0.25, 0.3) is 5.69 Å². The third-order valence-electron chi connectivity index (χ3n) is 3.06. The van der Waals surface area contributed by atoms with Gasteiger partial charge in [-0.05, 0) is 48.5 Å². The van der Waals surface area contributed by atoms with Gasteiger partial charge in [0.25, 0.3) is 5.91 Å². The maximum atomic E-state index is 12.1. The summed E-state index contributed by atoms with van der Waals surface area (Å²) in [6.45, 7) is 0. The van der Waals surface area contributed by atoms with E-state index in [0.29, 0.717) is 11.3 Å². The number of aromatic nitrogens is 2. The summed E-state index contributed by atoms with van der Waals surface area (Å²) < 4.78 is 1.86. The van der Waals surface area contributed by atoms with Crippen molar-refractivity contribution in [1.82, 2.24) is 9.55 Å². The number of hydrogen-bond acceptors (Lipinski definition) is 3. The molecule has 5 heteroatoms. The quantitative estimate of drug-likeness (QED) is 0.724. The molecule has 0 aliphatic rings. The number of nitrogens with one attached hydrogen (secondary N) is 1. The van der Waals surface area contributed by atoms with E-state index >= 15 is 0 Å². The molecule has 5 nitrogen and oxygen atoms in total. The van der Waals surface area contributed by atoms with Crippen LogP contribution in [0.2, 0.25) is 0 Å². The minimum absolute atomic E-state index is 0.165. The van der Waals surface area contributed by atoms with E-state index in [2.05, 4.69) is 10.3 Å². The van der Waals surface area contributed by atoms with Crippen molar-refractivity contribution < 1.29 is 9.90 Å². The normalized spacial score (nSPS) is 10.3. The van der Waals surface area contributed by atoms with Crippen LogP contribution in [-0.4, -0.2) is 20.6 Å². The molecule has 1 amide bonds. The second kappa shape index (κ2) is 5.50. The summed E-state index contributed by atoms with van der Waals surface area (Å²) in [6.07, 6.45) is 5.24. The van der Waals surface area contributed by atoms with E-state index in [1.54, 1.807) is 36.8 Å². The Hall–Kier alpha value is -3.08.